The van der Waals surface area contributed by atoms with Crippen LogP contribution in [0.1, 0.15) is 29.9 Å². The van der Waals surface area contributed by atoms with E-state index < -0.39 is 0 Å². The maximum Gasteiger partial charge on any atom is 0.0499 e. The fourth-order valence-corrected chi connectivity index (χ4v) is 2.67. The van der Waals surface area contributed by atoms with Crippen molar-refractivity contribution >= 4 is 15.9 Å². The fourth-order valence-electron chi connectivity index (χ4n) is 2.09. The molecule has 0 fully saturated rings. The van der Waals surface area contributed by atoms with E-state index in [1.165, 1.54) is 22.0 Å². The number of benzene rings is 1. The van der Waals surface area contributed by atoms with Gasteiger partial charge >= 0.3 is 0 Å². The van der Waals surface area contributed by atoms with Crippen molar-refractivity contribution in [1.82, 2.24) is 0 Å². The molecule has 1 N–H and O–H groups in total. The maximum atomic E-state index is 9.21. The predicted molar refractivity (Wildman–Crippen MR) is 56.9 cm³/mol. The molecule has 2 rings (SSSR count). The third-order valence-corrected chi connectivity index (χ3v) is 3.54. The number of hydrogen-bond donors (Lipinski definition) is 1. The summed E-state index contributed by atoms with van der Waals surface area (Å²) in [6, 6.07) is 6.27. The lowest BCUT2D eigenvalue weighted by atomic mass is 9.83. The Labute approximate surface area is 86.9 Å². The lowest BCUT2D eigenvalue weighted by molar-refractivity contribution is 0.253. The summed E-state index contributed by atoms with van der Waals surface area (Å²) in [5, 5.41) is 9.21. The first kappa shape index (κ1) is 9.22. The fraction of sp³-hybridized carbons (Fsp3) is 0.455. The summed E-state index contributed by atoms with van der Waals surface area (Å²) in [4.78, 5) is 0. The van der Waals surface area contributed by atoms with E-state index in [2.05, 4.69) is 34.1 Å². The number of fused-ring (bicyclic) bond motifs is 1. The van der Waals surface area contributed by atoms with E-state index in [4.69, 9.17) is 0 Å². The molecule has 1 aliphatic carbocycles. The van der Waals surface area contributed by atoms with Crippen molar-refractivity contribution in [3.05, 3.63) is 33.8 Å². The van der Waals surface area contributed by atoms with Gasteiger partial charge in [-0.3, -0.25) is 0 Å². The zero-order chi connectivity index (χ0) is 9.26. The summed E-state index contributed by atoms with van der Waals surface area (Å²) in [7, 11) is 0. The highest BCUT2D eigenvalue weighted by Gasteiger charge is 2.20. The van der Waals surface area contributed by atoms with Crippen LogP contribution in [0.2, 0.25) is 0 Å². The van der Waals surface area contributed by atoms with Gasteiger partial charge in [0.2, 0.25) is 0 Å². The summed E-state index contributed by atoms with van der Waals surface area (Å²) >= 11 is 3.56. The zero-order valence-corrected chi connectivity index (χ0v) is 9.05. The van der Waals surface area contributed by atoms with Crippen molar-refractivity contribution in [1.29, 1.82) is 0 Å². The van der Waals surface area contributed by atoms with Crippen LogP contribution in [0, 0.1) is 0 Å². The minimum absolute atomic E-state index is 0.281. The Kier molecular flexibility index (Phi) is 2.70. The molecule has 1 aliphatic rings. The second-order valence-electron chi connectivity index (χ2n) is 3.58. The molecule has 0 spiro atoms. The first-order chi connectivity index (χ1) is 6.33. The van der Waals surface area contributed by atoms with Crippen molar-refractivity contribution in [2.75, 3.05) is 6.61 Å². The molecular weight excluding hydrogens is 228 g/mol. The Morgan fingerprint density at radius 2 is 2.31 bits per heavy atom. The van der Waals surface area contributed by atoms with Crippen molar-refractivity contribution in [2.45, 2.75) is 25.2 Å². The Morgan fingerprint density at radius 3 is 3.08 bits per heavy atom. The average Bonchev–Trinajstić information content (AvgIpc) is 2.18. The summed E-state index contributed by atoms with van der Waals surface area (Å²) in [5.74, 6) is 0.362. The van der Waals surface area contributed by atoms with Crippen LogP contribution in [0.25, 0.3) is 0 Å². The van der Waals surface area contributed by atoms with E-state index in [0.717, 1.165) is 12.8 Å². The van der Waals surface area contributed by atoms with Gasteiger partial charge < -0.3 is 5.11 Å². The second kappa shape index (κ2) is 3.81. The standard InChI is InChI=1S/C11H13BrO/c12-11-6-2-4-9-8(7-13)3-1-5-10(9)11/h2,4,6,8,13H,1,3,5,7H2. The van der Waals surface area contributed by atoms with Crippen LogP contribution in [0.15, 0.2) is 22.7 Å². The van der Waals surface area contributed by atoms with Crippen molar-refractivity contribution in [3.8, 4) is 0 Å². The number of rotatable bonds is 1. The van der Waals surface area contributed by atoms with Gasteiger partial charge in [0.25, 0.3) is 0 Å². The lowest BCUT2D eigenvalue weighted by Crippen LogP contribution is -2.13. The van der Waals surface area contributed by atoms with E-state index in [1.807, 2.05) is 0 Å². The van der Waals surface area contributed by atoms with Gasteiger partial charge in [-0.15, -0.1) is 0 Å². The molecule has 0 radical (unpaired) electrons. The Hall–Kier alpha value is -0.340. The first-order valence-electron chi connectivity index (χ1n) is 4.71. The Balaban J connectivity index is 2.45. The Bertz CT molecular complexity index is 309. The van der Waals surface area contributed by atoms with E-state index >= 15 is 0 Å². The average molecular weight is 241 g/mol. The Morgan fingerprint density at radius 1 is 1.46 bits per heavy atom. The molecule has 1 atom stereocenters. The molecule has 0 bridgehead atoms. The van der Waals surface area contributed by atoms with Gasteiger partial charge in [0.1, 0.15) is 0 Å². The summed E-state index contributed by atoms with van der Waals surface area (Å²) in [6.07, 6.45) is 3.47. The van der Waals surface area contributed by atoms with Gasteiger partial charge in [-0.2, -0.15) is 0 Å². The molecule has 0 amide bonds. The highest BCUT2D eigenvalue weighted by atomic mass is 79.9. The molecule has 1 nitrogen and oxygen atoms in total. The third kappa shape index (κ3) is 1.65. The molecule has 0 saturated heterocycles. The van der Waals surface area contributed by atoms with Crippen LogP contribution in [-0.2, 0) is 6.42 Å². The largest absolute Gasteiger partial charge is 0.396 e. The summed E-state index contributed by atoms with van der Waals surface area (Å²) in [5.41, 5.74) is 2.73. The van der Waals surface area contributed by atoms with Crippen LogP contribution < -0.4 is 0 Å². The molecule has 1 aromatic carbocycles. The molecule has 13 heavy (non-hydrogen) atoms. The molecule has 0 aliphatic heterocycles. The summed E-state index contributed by atoms with van der Waals surface area (Å²) in [6.45, 7) is 0.281. The smallest absolute Gasteiger partial charge is 0.0499 e. The van der Waals surface area contributed by atoms with E-state index in [0.29, 0.717) is 5.92 Å². The van der Waals surface area contributed by atoms with Gasteiger partial charge in [-0.1, -0.05) is 28.1 Å². The third-order valence-electron chi connectivity index (χ3n) is 2.79. The lowest BCUT2D eigenvalue weighted by Gasteiger charge is -2.24. The van der Waals surface area contributed by atoms with Crippen LogP contribution >= 0.6 is 15.9 Å². The van der Waals surface area contributed by atoms with Crippen molar-refractivity contribution in [2.24, 2.45) is 0 Å². The number of aliphatic hydroxyl groups excluding tert-OH is 1. The van der Waals surface area contributed by atoms with Gasteiger partial charge in [0.15, 0.2) is 0 Å². The first-order valence-corrected chi connectivity index (χ1v) is 5.50. The quantitative estimate of drug-likeness (QED) is 0.801. The van der Waals surface area contributed by atoms with Crippen LogP contribution in [0.3, 0.4) is 0 Å². The number of hydrogen-bond acceptors (Lipinski definition) is 1. The molecule has 0 aromatic heterocycles. The highest BCUT2D eigenvalue weighted by Crippen LogP contribution is 2.34. The SMILES string of the molecule is OCC1CCCc2c(Br)cccc21. The summed E-state index contributed by atoms with van der Waals surface area (Å²) < 4.78 is 1.20. The van der Waals surface area contributed by atoms with Crippen LogP contribution in [0.5, 0.6) is 0 Å². The molecule has 2 heteroatoms. The van der Waals surface area contributed by atoms with Gasteiger partial charge in [-0.25, -0.2) is 0 Å². The topological polar surface area (TPSA) is 20.2 Å². The number of aliphatic hydroxyl groups is 1. The highest BCUT2D eigenvalue weighted by molar-refractivity contribution is 9.10. The second-order valence-corrected chi connectivity index (χ2v) is 4.43. The molecular formula is C11H13BrO. The van der Waals surface area contributed by atoms with E-state index in [9.17, 15) is 5.11 Å². The van der Waals surface area contributed by atoms with E-state index in [1.54, 1.807) is 0 Å². The maximum absolute atomic E-state index is 9.21. The van der Waals surface area contributed by atoms with Gasteiger partial charge in [0, 0.05) is 17.0 Å². The molecule has 70 valence electrons. The zero-order valence-electron chi connectivity index (χ0n) is 7.46. The molecule has 0 saturated carbocycles. The normalized spacial score (nSPS) is 21.2. The van der Waals surface area contributed by atoms with E-state index in [-0.39, 0.29) is 6.61 Å². The van der Waals surface area contributed by atoms with Gasteiger partial charge in [-0.05, 0) is 36.5 Å². The van der Waals surface area contributed by atoms with Gasteiger partial charge in [0.05, 0.1) is 0 Å². The van der Waals surface area contributed by atoms with Crippen LogP contribution in [0.4, 0.5) is 0 Å². The predicted octanol–water partition coefficient (Wildman–Crippen LogP) is 2.86. The monoisotopic (exact) mass is 240 g/mol. The molecule has 1 unspecified atom stereocenters. The molecule has 0 heterocycles. The van der Waals surface area contributed by atoms with Crippen molar-refractivity contribution < 1.29 is 5.11 Å². The minimum Gasteiger partial charge on any atom is -0.396 e. The van der Waals surface area contributed by atoms with Crippen LogP contribution in [-0.4, -0.2) is 11.7 Å². The molecule has 1 aromatic rings. The van der Waals surface area contributed by atoms with Crippen molar-refractivity contribution in [3.63, 3.8) is 0 Å². The number of halogens is 1. The minimum atomic E-state index is 0.281.